The molecule has 0 aromatic rings. The molecule has 1 amide bonds. The summed E-state index contributed by atoms with van der Waals surface area (Å²) in [6, 6.07) is -0.703. The zero-order chi connectivity index (χ0) is 42.4. The highest BCUT2D eigenvalue weighted by molar-refractivity contribution is 5.77. The second kappa shape index (κ2) is 45.9. The molecule has 0 rings (SSSR count). The Bertz CT molecular complexity index is 1000. The Balaban J connectivity index is 4.60. The van der Waals surface area contributed by atoms with Crippen molar-refractivity contribution >= 4 is 11.9 Å². The first kappa shape index (κ1) is 55.8. The van der Waals surface area contributed by atoms with Gasteiger partial charge in [0.1, 0.15) is 6.10 Å². The van der Waals surface area contributed by atoms with Gasteiger partial charge in [-0.15, -0.1) is 0 Å². The fraction of sp³-hybridized carbons (Fsp3) is 0.808. The average Bonchev–Trinajstić information content (AvgIpc) is 3.22. The number of allylic oxidation sites excluding steroid dienone is 8. The molecular formula is C52H95NO5. The third kappa shape index (κ3) is 40.6. The van der Waals surface area contributed by atoms with E-state index in [-0.39, 0.29) is 24.9 Å². The van der Waals surface area contributed by atoms with E-state index in [9.17, 15) is 19.8 Å². The lowest BCUT2D eigenvalue weighted by atomic mass is 10.0. The lowest BCUT2D eigenvalue weighted by Crippen LogP contribution is -2.46. The van der Waals surface area contributed by atoms with Crippen molar-refractivity contribution in [2.45, 2.75) is 264 Å². The van der Waals surface area contributed by atoms with E-state index < -0.39 is 18.2 Å². The van der Waals surface area contributed by atoms with Crippen LogP contribution in [0.3, 0.4) is 0 Å². The van der Waals surface area contributed by atoms with Crippen molar-refractivity contribution in [3.63, 3.8) is 0 Å². The van der Waals surface area contributed by atoms with Crippen LogP contribution < -0.4 is 5.32 Å². The molecular weight excluding hydrogens is 719 g/mol. The maximum absolute atomic E-state index is 13.2. The van der Waals surface area contributed by atoms with Crippen molar-refractivity contribution in [1.82, 2.24) is 5.32 Å². The van der Waals surface area contributed by atoms with Gasteiger partial charge in [0.25, 0.3) is 0 Å². The number of rotatable bonds is 44. The van der Waals surface area contributed by atoms with Crippen molar-refractivity contribution in [1.29, 1.82) is 0 Å². The molecule has 0 aliphatic rings. The zero-order valence-electron chi connectivity index (χ0n) is 38.4. The van der Waals surface area contributed by atoms with Crippen LogP contribution in [-0.2, 0) is 14.3 Å². The van der Waals surface area contributed by atoms with Crippen molar-refractivity contribution < 1.29 is 24.5 Å². The first-order chi connectivity index (χ1) is 28.5. The highest BCUT2D eigenvalue weighted by Crippen LogP contribution is 2.18. The van der Waals surface area contributed by atoms with Crippen LogP contribution in [0.1, 0.15) is 245 Å². The lowest BCUT2D eigenvalue weighted by molar-refractivity contribution is -0.151. The highest BCUT2D eigenvalue weighted by atomic mass is 16.5. The number of esters is 1. The van der Waals surface area contributed by atoms with E-state index in [0.29, 0.717) is 19.3 Å². The molecule has 0 radical (unpaired) electrons. The smallest absolute Gasteiger partial charge is 0.306 e. The summed E-state index contributed by atoms with van der Waals surface area (Å²) in [5.41, 5.74) is 0. The quantitative estimate of drug-likeness (QED) is 0.0323. The highest BCUT2D eigenvalue weighted by Gasteiger charge is 2.24. The SMILES string of the molecule is CC/C=C/C=C/C=C/C=C\CCCCCCCC(=O)OC(CCCCCCCCCCCCCC)CC(=O)NC(CO)C(O)CCCCCCCCCCCCCC. The average molecular weight is 814 g/mol. The minimum atomic E-state index is -0.789. The van der Waals surface area contributed by atoms with Gasteiger partial charge >= 0.3 is 5.97 Å². The number of carbonyl (C=O) groups is 2. The van der Waals surface area contributed by atoms with E-state index in [1.165, 1.54) is 122 Å². The van der Waals surface area contributed by atoms with Crippen LogP contribution in [0.4, 0.5) is 0 Å². The summed E-state index contributed by atoms with van der Waals surface area (Å²) in [6.45, 7) is 6.34. The van der Waals surface area contributed by atoms with Crippen LogP contribution in [0.2, 0.25) is 0 Å². The van der Waals surface area contributed by atoms with Crippen LogP contribution in [0.5, 0.6) is 0 Å². The first-order valence-corrected chi connectivity index (χ1v) is 24.9. The predicted molar refractivity (Wildman–Crippen MR) is 250 cm³/mol. The van der Waals surface area contributed by atoms with E-state index in [1.54, 1.807) is 0 Å². The van der Waals surface area contributed by atoms with Crippen molar-refractivity contribution in [2.24, 2.45) is 0 Å². The fourth-order valence-electron chi connectivity index (χ4n) is 7.50. The maximum Gasteiger partial charge on any atom is 0.306 e. The summed E-state index contributed by atoms with van der Waals surface area (Å²) in [5, 5.41) is 23.7. The Hall–Kier alpha value is -2.18. The molecule has 0 heterocycles. The fourth-order valence-corrected chi connectivity index (χ4v) is 7.50. The third-order valence-corrected chi connectivity index (χ3v) is 11.3. The van der Waals surface area contributed by atoms with E-state index in [4.69, 9.17) is 4.74 Å². The Morgan fingerprint density at radius 3 is 1.41 bits per heavy atom. The van der Waals surface area contributed by atoms with E-state index in [1.807, 2.05) is 18.2 Å². The van der Waals surface area contributed by atoms with Crippen LogP contribution in [0, 0.1) is 0 Å². The molecule has 338 valence electrons. The van der Waals surface area contributed by atoms with Crippen LogP contribution in [0.15, 0.2) is 48.6 Å². The van der Waals surface area contributed by atoms with Gasteiger partial charge in [0.15, 0.2) is 0 Å². The number of nitrogens with one attached hydrogen (secondary N) is 1. The normalized spacial score (nSPS) is 13.7. The zero-order valence-corrected chi connectivity index (χ0v) is 38.4. The second-order valence-corrected chi connectivity index (χ2v) is 16.9. The van der Waals surface area contributed by atoms with E-state index in [0.717, 1.165) is 77.0 Å². The monoisotopic (exact) mass is 814 g/mol. The molecule has 3 unspecified atom stereocenters. The number of hydrogen-bond acceptors (Lipinski definition) is 5. The molecule has 0 aromatic carbocycles. The number of aliphatic hydroxyl groups is 2. The van der Waals surface area contributed by atoms with Gasteiger partial charge in [-0.25, -0.2) is 0 Å². The summed E-state index contributed by atoms with van der Waals surface area (Å²) in [5.74, 6) is -0.494. The minimum Gasteiger partial charge on any atom is -0.462 e. The number of carbonyl (C=O) groups excluding carboxylic acids is 2. The standard InChI is InChI=1S/C52H95NO5/c1-4-7-10-13-16-19-22-25-26-27-30-33-36-39-42-45-52(57)58-48(43-40-37-34-31-28-23-20-17-14-11-8-5-2)46-51(56)53-49(47-54)50(55)44-41-38-35-32-29-24-21-18-15-12-9-6-3/h7,10,13,16,19,22,25-26,48-50,54-55H,4-6,8-9,11-12,14-15,17-18,20-21,23-24,27-47H2,1-3H3,(H,53,56)/b10-7+,16-13+,22-19+,26-25-. The molecule has 0 saturated heterocycles. The van der Waals surface area contributed by atoms with Gasteiger partial charge < -0.3 is 20.3 Å². The van der Waals surface area contributed by atoms with Gasteiger partial charge in [-0.3, -0.25) is 9.59 Å². The van der Waals surface area contributed by atoms with Gasteiger partial charge in [0.2, 0.25) is 5.91 Å². The van der Waals surface area contributed by atoms with Gasteiger partial charge in [-0.05, 0) is 44.9 Å². The molecule has 0 spiro atoms. The van der Waals surface area contributed by atoms with Crippen LogP contribution in [-0.4, -0.2) is 46.9 Å². The third-order valence-electron chi connectivity index (χ3n) is 11.3. The first-order valence-electron chi connectivity index (χ1n) is 24.9. The van der Waals surface area contributed by atoms with Crippen molar-refractivity contribution in [3.8, 4) is 0 Å². The molecule has 0 aliphatic carbocycles. The largest absolute Gasteiger partial charge is 0.462 e. The summed E-state index contributed by atoms with van der Waals surface area (Å²) < 4.78 is 5.92. The summed E-state index contributed by atoms with van der Waals surface area (Å²) >= 11 is 0. The van der Waals surface area contributed by atoms with Gasteiger partial charge in [-0.2, -0.15) is 0 Å². The lowest BCUT2D eigenvalue weighted by Gasteiger charge is -2.24. The molecule has 0 fully saturated rings. The van der Waals surface area contributed by atoms with Crippen molar-refractivity contribution in [2.75, 3.05) is 6.61 Å². The molecule has 58 heavy (non-hydrogen) atoms. The Kier molecular flexibility index (Phi) is 44.2. The summed E-state index contributed by atoms with van der Waals surface area (Å²) in [7, 11) is 0. The van der Waals surface area contributed by atoms with Crippen molar-refractivity contribution in [3.05, 3.63) is 48.6 Å². The molecule has 3 N–H and O–H groups in total. The van der Waals surface area contributed by atoms with Gasteiger partial charge in [0.05, 0.1) is 25.2 Å². The van der Waals surface area contributed by atoms with Gasteiger partial charge in [0, 0.05) is 6.42 Å². The van der Waals surface area contributed by atoms with E-state index in [2.05, 4.69) is 56.5 Å². The molecule has 0 bridgehead atoms. The van der Waals surface area contributed by atoms with E-state index >= 15 is 0 Å². The Morgan fingerprint density at radius 2 is 0.931 bits per heavy atom. The molecule has 6 heteroatoms. The molecule has 3 atom stereocenters. The Labute approximate surface area is 359 Å². The summed E-state index contributed by atoms with van der Waals surface area (Å²) in [6.07, 6.45) is 54.5. The summed E-state index contributed by atoms with van der Waals surface area (Å²) in [4.78, 5) is 26.1. The number of unbranched alkanes of at least 4 members (excludes halogenated alkanes) is 27. The molecule has 0 aromatic heterocycles. The predicted octanol–water partition coefficient (Wildman–Crippen LogP) is 14.7. The minimum absolute atomic E-state index is 0.0699. The van der Waals surface area contributed by atoms with Gasteiger partial charge in [-0.1, -0.05) is 236 Å². The number of aliphatic hydroxyl groups excluding tert-OH is 2. The number of ether oxygens (including phenoxy) is 1. The molecule has 0 saturated carbocycles. The maximum atomic E-state index is 13.2. The number of amides is 1. The topological polar surface area (TPSA) is 95.9 Å². The van der Waals surface area contributed by atoms with Crippen LogP contribution >= 0.6 is 0 Å². The van der Waals surface area contributed by atoms with Crippen LogP contribution in [0.25, 0.3) is 0 Å². The number of hydrogen-bond donors (Lipinski definition) is 3. The second-order valence-electron chi connectivity index (χ2n) is 16.9. The Morgan fingerprint density at radius 1 is 0.517 bits per heavy atom. The molecule has 6 nitrogen and oxygen atoms in total. The molecule has 0 aliphatic heterocycles.